The summed E-state index contributed by atoms with van der Waals surface area (Å²) in [6.45, 7) is 8.38. The minimum Gasteiger partial charge on any atom is -0.336 e. The molecule has 0 radical (unpaired) electrons. The lowest BCUT2D eigenvalue weighted by atomic mass is 9.92. The number of nitrogens with zero attached hydrogens (tertiary/aromatic N) is 3. The van der Waals surface area contributed by atoms with Gasteiger partial charge in [-0.15, -0.1) is 0 Å². The Bertz CT molecular complexity index is 885. The van der Waals surface area contributed by atoms with E-state index in [1.165, 1.54) is 0 Å². The summed E-state index contributed by atoms with van der Waals surface area (Å²) in [5.74, 6) is 0.0682. The highest BCUT2D eigenvalue weighted by molar-refractivity contribution is 5.94. The van der Waals surface area contributed by atoms with Crippen LogP contribution in [0.5, 0.6) is 0 Å². The second-order valence-electron chi connectivity index (χ2n) is 8.80. The summed E-state index contributed by atoms with van der Waals surface area (Å²) in [6.07, 6.45) is 0. The highest BCUT2D eigenvalue weighted by Gasteiger charge is 2.44. The molecule has 0 spiro atoms. The number of urea groups is 1. The molecule has 2 aromatic rings. The monoisotopic (exact) mass is 406 g/mol. The summed E-state index contributed by atoms with van der Waals surface area (Å²) in [5, 5.41) is 3.05. The van der Waals surface area contributed by atoms with Crippen molar-refractivity contribution in [3.8, 4) is 0 Å². The van der Waals surface area contributed by atoms with Crippen LogP contribution in [-0.4, -0.2) is 70.9 Å². The van der Waals surface area contributed by atoms with Gasteiger partial charge in [-0.2, -0.15) is 0 Å². The minimum absolute atomic E-state index is 0.0434. The van der Waals surface area contributed by atoms with E-state index in [2.05, 4.69) is 24.1 Å². The summed E-state index contributed by atoms with van der Waals surface area (Å²) in [6, 6.07) is 19.5. The number of carbonyl (C=O) groups excluding carboxylic acids is 2. The number of carbonyl (C=O) groups is 2. The SMILES string of the molecule is CC1(C)CN(C(=O)NCc2ccccc2)CC2CN(C(=O)c3ccccc3)CCN21. The van der Waals surface area contributed by atoms with Gasteiger partial charge < -0.3 is 15.1 Å². The van der Waals surface area contributed by atoms with Crippen LogP contribution in [0.4, 0.5) is 4.79 Å². The lowest BCUT2D eigenvalue weighted by molar-refractivity contribution is -0.0467. The molecular formula is C24H30N4O2. The third-order valence-electron chi connectivity index (χ3n) is 6.15. The predicted molar refractivity (Wildman–Crippen MR) is 117 cm³/mol. The molecule has 2 aliphatic rings. The van der Waals surface area contributed by atoms with E-state index in [-0.39, 0.29) is 23.5 Å². The third kappa shape index (κ3) is 4.33. The quantitative estimate of drug-likeness (QED) is 0.853. The molecule has 0 saturated carbocycles. The maximum atomic E-state index is 12.9. The molecule has 4 rings (SSSR count). The maximum absolute atomic E-state index is 12.9. The van der Waals surface area contributed by atoms with Crippen molar-refractivity contribution in [3.05, 3.63) is 71.8 Å². The third-order valence-corrected chi connectivity index (χ3v) is 6.15. The van der Waals surface area contributed by atoms with Crippen LogP contribution in [0.15, 0.2) is 60.7 Å². The molecule has 158 valence electrons. The van der Waals surface area contributed by atoms with E-state index in [1.807, 2.05) is 70.5 Å². The standard InChI is InChI=1S/C24H30N4O2/c1-24(2)18-27(23(30)25-15-19-9-5-3-6-10-19)17-21-16-26(13-14-28(21)24)22(29)20-11-7-4-8-12-20/h3-12,21H,13-18H2,1-2H3,(H,25,30). The van der Waals surface area contributed by atoms with E-state index in [0.29, 0.717) is 32.7 Å². The van der Waals surface area contributed by atoms with Crippen molar-refractivity contribution in [3.63, 3.8) is 0 Å². The van der Waals surface area contributed by atoms with Crippen molar-refractivity contribution in [2.75, 3.05) is 32.7 Å². The summed E-state index contributed by atoms with van der Waals surface area (Å²) < 4.78 is 0. The Morgan fingerprint density at radius 3 is 2.27 bits per heavy atom. The Kier molecular flexibility index (Phi) is 5.77. The molecule has 6 heteroatoms. The number of benzene rings is 2. The fourth-order valence-electron chi connectivity index (χ4n) is 4.67. The van der Waals surface area contributed by atoms with Gasteiger partial charge in [0.2, 0.25) is 0 Å². The Hall–Kier alpha value is -2.86. The molecule has 2 saturated heterocycles. The second kappa shape index (κ2) is 8.48. The van der Waals surface area contributed by atoms with Crippen LogP contribution < -0.4 is 5.32 Å². The number of piperazine rings is 2. The Morgan fingerprint density at radius 2 is 1.57 bits per heavy atom. The zero-order valence-corrected chi connectivity index (χ0v) is 17.8. The van der Waals surface area contributed by atoms with Gasteiger partial charge in [0.1, 0.15) is 0 Å². The van der Waals surface area contributed by atoms with Gasteiger partial charge in [-0.05, 0) is 31.5 Å². The molecule has 2 aromatic carbocycles. The van der Waals surface area contributed by atoms with Crippen molar-refractivity contribution in [2.24, 2.45) is 0 Å². The van der Waals surface area contributed by atoms with E-state index >= 15 is 0 Å². The van der Waals surface area contributed by atoms with E-state index in [0.717, 1.165) is 17.7 Å². The molecule has 1 N–H and O–H groups in total. The number of amides is 3. The predicted octanol–water partition coefficient (Wildman–Crippen LogP) is 2.82. The van der Waals surface area contributed by atoms with Crippen molar-refractivity contribution >= 4 is 11.9 Å². The van der Waals surface area contributed by atoms with Crippen LogP contribution >= 0.6 is 0 Å². The molecule has 1 atom stereocenters. The Morgan fingerprint density at radius 1 is 0.933 bits per heavy atom. The van der Waals surface area contributed by atoms with Crippen LogP contribution in [-0.2, 0) is 6.54 Å². The van der Waals surface area contributed by atoms with E-state index in [9.17, 15) is 9.59 Å². The number of rotatable bonds is 3. The average Bonchev–Trinajstić information content (AvgIpc) is 2.77. The molecule has 0 bridgehead atoms. The first-order valence-electron chi connectivity index (χ1n) is 10.6. The van der Waals surface area contributed by atoms with Gasteiger partial charge in [0.15, 0.2) is 0 Å². The minimum atomic E-state index is -0.130. The smallest absolute Gasteiger partial charge is 0.317 e. The zero-order valence-electron chi connectivity index (χ0n) is 17.8. The zero-order chi connectivity index (χ0) is 21.1. The highest BCUT2D eigenvalue weighted by atomic mass is 16.2. The van der Waals surface area contributed by atoms with Crippen LogP contribution in [0.2, 0.25) is 0 Å². The van der Waals surface area contributed by atoms with Crippen LogP contribution in [0.1, 0.15) is 29.8 Å². The van der Waals surface area contributed by atoms with Crippen LogP contribution in [0.25, 0.3) is 0 Å². The average molecular weight is 407 g/mol. The number of hydrogen-bond donors (Lipinski definition) is 1. The highest BCUT2D eigenvalue weighted by Crippen LogP contribution is 2.28. The molecule has 0 aliphatic carbocycles. The van der Waals surface area contributed by atoms with Crippen molar-refractivity contribution in [1.29, 1.82) is 0 Å². The molecule has 1 unspecified atom stereocenters. The molecule has 30 heavy (non-hydrogen) atoms. The first-order valence-corrected chi connectivity index (χ1v) is 10.6. The number of nitrogens with one attached hydrogen (secondary N) is 1. The normalized spacial score (nSPS) is 21.1. The van der Waals surface area contributed by atoms with Crippen LogP contribution in [0.3, 0.4) is 0 Å². The van der Waals surface area contributed by atoms with E-state index in [1.54, 1.807) is 0 Å². The molecule has 6 nitrogen and oxygen atoms in total. The summed E-state index contributed by atoms with van der Waals surface area (Å²) in [4.78, 5) is 32.1. The topological polar surface area (TPSA) is 55.9 Å². The second-order valence-corrected chi connectivity index (χ2v) is 8.80. The molecule has 0 aromatic heterocycles. The van der Waals surface area contributed by atoms with Crippen molar-refractivity contribution in [2.45, 2.75) is 32.0 Å². The lowest BCUT2D eigenvalue weighted by Crippen LogP contribution is -2.71. The lowest BCUT2D eigenvalue weighted by Gasteiger charge is -2.55. The number of fused-ring (bicyclic) bond motifs is 1. The Labute approximate surface area is 178 Å². The van der Waals surface area contributed by atoms with E-state index < -0.39 is 0 Å². The fourth-order valence-corrected chi connectivity index (χ4v) is 4.67. The fraction of sp³-hybridized carbons (Fsp3) is 0.417. The van der Waals surface area contributed by atoms with Gasteiger partial charge in [0.25, 0.3) is 5.91 Å². The van der Waals surface area contributed by atoms with Gasteiger partial charge in [0, 0.05) is 56.4 Å². The molecule has 3 amide bonds. The van der Waals surface area contributed by atoms with Gasteiger partial charge >= 0.3 is 6.03 Å². The summed E-state index contributed by atoms with van der Waals surface area (Å²) >= 11 is 0. The van der Waals surface area contributed by atoms with Gasteiger partial charge in [-0.25, -0.2) is 4.79 Å². The van der Waals surface area contributed by atoms with Crippen molar-refractivity contribution < 1.29 is 9.59 Å². The summed E-state index contributed by atoms with van der Waals surface area (Å²) in [7, 11) is 0. The maximum Gasteiger partial charge on any atom is 0.317 e. The molecule has 2 heterocycles. The largest absolute Gasteiger partial charge is 0.336 e. The Balaban J connectivity index is 1.42. The van der Waals surface area contributed by atoms with Gasteiger partial charge in [-0.3, -0.25) is 9.69 Å². The van der Waals surface area contributed by atoms with Gasteiger partial charge in [0.05, 0.1) is 0 Å². The first kappa shape index (κ1) is 20.4. The summed E-state index contributed by atoms with van der Waals surface area (Å²) in [5.41, 5.74) is 1.68. The van der Waals surface area contributed by atoms with Crippen LogP contribution in [0, 0.1) is 0 Å². The van der Waals surface area contributed by atoms with Gasteiger partial charge in [-0.1, -0.05) is 48.5 Å². The molecule has 2 fully saturated rings. The van der Waals surface area contributed by atoms with Crippen molar-refractivity contribution in [1.82, 2.24) is 20.0 Å². The van der Waals surface area contributed by atoms with E-state index in [4.69, 9.17) is 0 Å². The molecular weight excluding hydrogens is 376 g/mol. The number of hydrogen-bond acceptors (Lipinski definition) is 3. The molecule has 2 aliphatic heterocycles. The first-order chi connectivity index (χ1) is 14.4.